The molecule has 2 amide bonds. The number of fused-ring (bicyclic) bond motifs is 2. The molecule has 0 aliphatic carbocycles. The number of aryl methyl sites for hydroxylation is 1. The number of rotatable bonds is 3. The lowest BCUT2D eigenvalue weighted by Crippen LogP contribution is -2.44. The quantitative estimate of drug-likeness (QED) is 0.921. The molecular weight excluding hydrogens is 332 g/mol. The largest absolute Gasteiger partial charge is 0.486 e. The molecule has 0 fully saturated rings. The van der Waals surface area contributed by atoms with Gasteiger partial charge in [-0.25, -0.2) is 0 Å². The summed E-state index contributed by atoms with van der Waals surface area (Å²) in [5.41, 5.74) is 2.67. The van der Waals surface area contributed by atoms with E-state index in [9.17, 15) is 9.59 Å². The van der Waals surface area contributed by atoms with E-state index < -0.39 is 6.04 Å². The second-order valence-corrected chi connectivity index (χ2v) is 6.64. The van der Waals surface area contributed by atoms with Crippen LogP contribution in [0.25, 0.3) is 0 Å². The summed E-state index contributed by atoms with van der Waals surface area (Å²) in [6, 6.07) is 12.7. The number of hydrogen-bond acceptors (Lipinski definition) is 4. The number of hydrogen-bond donors (Lipinski definition) is 1. The average Bonchev–Trinajstić information content (AvgIpc) is 2.86. The van der Waals surface area contributed by atoms with Gasteiger partial charge in [0.15, 0.2) is 17.6 Å². The fourth-order valence-corrected chi connectivity index (χ4v) is 3.45. The summed E-state index contributed by atoms with van der Waals surface area (Å²) in [7, 11) is 0. The monoisotopic (exact) mass is 352 g/mol. The number of para-hydroxylation sites is 2. The summed E-state index contributed by atoms with van der Waals surface area (Å²) in [6.07, 6.45) is -0.279. The molecule has 0 spiro atoms. The van der Waals surface area contributed by atoms with Crippen LogP contribution in [0, 0.1) is 6.92 Å². The molecule has 2 aliphatic rings. The molecule has 6 heteroatoms. The Bertz CT molecular complexity index is 880. The molecule has 2 aromatic rings. The maximum Gasteiger partial charge on any atom is 0.254 e. The first-order valence-corrected chi connectivity index (χ1v) is 8.60. The SMILES string of the molecule is CC(=O)N[C@@H]1C(=O)N(C[C@H]2COc3ccccc3O2)c2ccc(C)cc21. The van der Waals surface area contributed by atoms with E-state index in [0.29, 0.717) is 24.7 Å². The van der Waals surface area contributed by atoms with Gasteiger partial charge >= 0.3 is 0 Å². The number of nitrogens with zero attached hydrogens (tertiary/aromatic N) is 1. The second-order valence-electron chi connectivity index (χ2n) is 6.64. The normalized spacial score (nSPS) is 20.7. The summed E-state index contributed by atoms with van der Waals surface area (Å²) < 4.78 is 11.7. The first-order valence-electron chi connectivity index (χ1n) is 8.60. The van der Waals surface area contributed by atoms with Crippen LogP contribution in [0.4, 0.5) is 5.69 Å². The van der Waals surface area contributed by atoms with Crippen LogP contribution in [0.5, 0.6) is 11.5 Å². The van der Waals surface area contributed by atoms with E-state index in [0.717, 1.165) is 16.8 Å². The molecule has 6 nitrogen and oxygen atoms in total. The number of ether oxygens (including phenoxy) is 2. The van der Waals surface area contributed by atoms with Gasteiger partial charge in [-0.05, 0) is 25.1 Å². The molecule has 26 heavy (non-hydrogen) atoms. The molecule has 0 bridgehead atoms. The van der Waals surface area contributed by atoms with E-state index in [1.54, 1.807) is 4.90 Å². The van der Waals surface area contributed by atoms with Crippen molar-refractivity contribution in [2.75, 3.05) is 18.1 Å². The van der Waals surface area contributed by atoms with Gasteiger partial charge in [-0.1, -0.05) is 29.8 Å². The van der Waals surface area contributed by atoms with Gasteiger partial charge in [0.2, 0.25) is 5.91 Å². The van der Waals surface area contributed by atoms with Gasteiger partial charge in [0.05, 0.1) is 6.54 Å². The molecule has 0 radical (unpaired) electrons. The van der Waals surface area contributed by atoms with Crippen molar-refractivity contribution in [3.8, 4) is 11.5 Å². The number of nitrogens with one attached hydrogen (secondary N) is 1. The van der Waals surface area contributed by atoms with E-state index in [4.69, 9.17) is 9.47 Å². The van der Waals surface area contributed by atoms with E-state index in [2.05, 4.69) is 5.32 Å². The number of anilines is 1. The first kappa shape index (κ1) is 16.4. The summed E-state index contributed by atoms with van der Waals surface area (Å²) in [4.78, 5) is 26.2. The van der Waals surface area contributed by atoms with Crippen molar-refractivity contribution >= 4 is 17.5 Å². The lowest BCUT2D eigenvalue weighted by atomic mass is 10.1. The van der Waals surface area contributed by atoms with E-state index >= 15 is 0 Å². The van der Waals surface area contributed by atoms with Crippen LogP contribution < -0.4 is 19.7 Å². The van der Waals surface area contributed by atoms with Crippen molar-refractivity contribution in [2.45, 2.75) is 26.0 Å². The maximum atomic E-state index is 12.9. The Kier molecular flexibility index (Phi) is 4.03. The number of carbonyl (C=O) groups excluding carboxylic acids is 2. The molecule has 0 aromatic heterocycles. The maximum absolute atomic E-state index is 12.9. The zero-order valence-corrected chi connectivity index (χ0v) is 14.7. The minimum absolute atomic E-state index is 0.150. The molecule has 0 saturated carbocycles. The van der Waals surface area contributed by atoms with Crippen LogP contribution in [0.1, 0.15) is 24.1 Å². The molecule has 2 aromatic carbocycles. The van der Waals surface area contributed by atoms with Crippen molar-refractivity contribution in [3.05, 3.63) is 53.6 Å². The van der Waals surface area contributed by atoms with Crippen LogP contribution in [0.2, 0.25) is 0 Å². The van der Waals surface area contributed by atoms with Crippen LogP contribution in [0.3, 0.4) is 0 Å². The third-order valence-electron chi connectivity index (χ3n) is 4.60. The Morgan fingerprint density at radius 3 is 2.77 bits per heavy atom. The summed E-state index contributed by atoms with van der Waals surface area (Å²) in [6.45, 7) is 4.11. The van der Waals surface area contributed by atoms with Gasteiger partial charge in [0.25, 0.3) is 5.91 Å². The molecule has 0 saturated heterocycles. The predicted octanol–water partition coefficient (Wildman–Crippen LogP) is 2.36. The summed E-state index contributed by atoms with van der Waals surface area (Å²) in [5.74, 6) is 1.01. The topological polar surface area (TPSA) is 67.9 Å². The average molecular weight is 352 g/mol. The van der Waals surface area contributed by atoms with Gasteiger partial charge in [-0.2, -0.15) is 0 Å². The van der Waals surface area contributed by atoms with Gasteiger partial charge in [-0.3, -0.25) is 9.59 Å². The lowest BCUT2D eigenvalue weighted by molar-refractivity contribution is -0.126. The zero-order chi connectivity index (χ0) is 18.3. The Morgan fingerprint density at radius 2 is 2.00 bits per heavy atom. The van der Waals surface area contributed by atoms with Gasteiger partial charge in [-0.15, -0.1) is 0 Å². The third kappa shape index (κ3) is 2.87. The molecule has 2 heterocycles. The lowest BCUT2D eigenvalue weighted by Gasteiger charge is -2.30. The van der Waals surface area contributed by atoms with Crippen molar-refractivity contribution in [3.63, 3.8) is 0 Å². The summed E-state index contributed by atoms with van der Waals surface area (Å²) >= 11 is 0. The van der Waals surface area contributed by atoms with Crippen LogP contribution in [-0.2, 0) is 9.59 Å². The number of benzene rings is 2. The van der Waals surface area contributed by atoms with Crippen molar-refractivity contribution in [1.82, 2.24) is 5.32 Å². The van der Waals surface area contributed by atoms with Crippen molar-refractivity contribution in [2.24, 2.45) is 0 Å². The molecule has 0 unspecified atom stereocenters. The predicted molar refractivity (Wildman–Crippen MR) is 96.4 cm³/mol. The highest BCUT2D eigenvalue weighted by Crippen LogP contribution is 2.38. The number of amides is 2. The number of carbonyl (C=O) groups is 2. The molecule has 1 N–H and O–H groups in total. The Hall–Kier alpha value is -3.02. The molecular formula is C20H20N2O4. The highest BCUT2D eigenvalue weighted by molar-refractivity contribution is 6.06. The fourth-order valence-electron chi connectivity index (χ4n) is 3.45. The summed E-state index contributed by atoms with van der Waals surface area (Å²) in [5, 5.41) is 2.76. The van der Waals surface area contributed by atoms with E-state index in [-0.39, 0.29) is 17.9 Å². The van der Waals surface area contributed by atoms with Gasteiger partial charge in [0.1, 0.15) is 12.6 Å². The Balaban J connectivity index is 1.59. The Morgan fingerprint density at radius 1 is 1.23 bits per heavy atom. The molecule has 134 valence electrons. The minimum atomic E-state index is -0.654. The fraction of sp³-hybridized carbons (Fsp3) is 0.300. The highest BCUT2D eigenvalue weighted by Gasteiger charge is 2.39. The molecule has 4 rings (SSSR count). The Labute approximate surface area is 151 Å². The third-order valence-corrected chi connectivity index (χ3v) is 4.60. The van der Waals surface area contributed by atoms with Crippen LogP contribution >= 0.6 is 0 Å². The van der Waals surface area contributed by atoms with Crippen molar-refractivity contribution < 1.29 is 19.1 Å². The van der Waals surface area contributed by atoms with Crippen LogP contribution in [0.15, 0.2) is 42.5 Å². The zero-order valence-electron chi connectivity index (χ0n) is 14.7. The smallest absolute Gasteiger partial charge is 0.254 e. The van der Waals surface area contributed by atoms with Gasteiger partial charge < -0.3 is 19.7 Å². The van der Waals surface area contributed by atoms with E-state index in [1.165, 1.54) is 6.92 Å². The van der Waals surface area contributed by atoms with Gasteiger partial charge in [0, 0.05) is 18.2 Å². The molecule has 2 aliphatic heterocycles. The minimum Gasteiger partial charge on any atom is -0.486 e. The standard InChI is InChI=1S/C20H20N2O4/c1-12-7-8-16-15(9-12)19(21-13(2)23)20(24)22(16)10-14-11-25-17-5-3-4-6-18(17)26-14/h3-9,14,19H,10-11H2,1-2H3,(H,21,23)/t14-,19-/m0/s1. The van der Waals surface area contributed by atoms with E-state index in [1.807, 2.05) is 49.4 Å². The highest BCUT2D eigenvalue weighted by atomic mass is 16.6. The second kappa shape index (κ2) is 6.37. The first-order chi connectivity index (χ1) is 12.5. The van der Waals surface area contributed by atoms with Crippen LogP contribution in [-0.4, -0.2) is 31.1 Å². The van der Waals surface area contributed by atoms with Crippen molar-refractivity contribution in [1.29, 1.82) is 0 Å². The molecule has 2 atom stereocenters.